The highest BCUT2D eigenvalue weighted by Gasteiger charge is 2.05. The van der Waals surface area contributed by atoms with Gasteiger partial charge in [0.25, 0.3) is 0 Å². The molecule has 0 atom stereocenters. The minimum absolute atomic E-state index is 0.0364. The van der Waals surface area contributed by atoms with Crippen LogP contribution in [0.25, 0.3) is 0 Å². The van der Waals surface area contributed by atoms with Crippen LogP contribution in [-0.4, -0.2) is 20.8 Å². The summed E-state index contributed by atoms with van der Waals surface area (Å²) in [7, 11) is -3.51. The van der Waals surface area contributed by atoms with Gasteiger partial charge in [-0.15, -0.1) is 0 Å². The Morgan fingerprint density at radius 2 is 2.13 bits per heavy atom. The van der Waals surface area contributed by atoms with Crippen molar-refractivity contribution in [2.75, 3.05) is 12.4 Å². The van der Waals surface area contributed by atoms with Crippen molar-refractivity contribution in [3.63, 3.8) is 0 Å². The van der Waals surface area contributed by atoms with E-state index in [9.17, 15) is 12.8 Å². The first-order valence-corrected chi connectivity index (χ1v) is 5.99. The number of primary sulfonamides is 1. The van der Waals surface area contributed by atoms with Crippen LogP contribution in [0.1, 0.15) is 5.56 Å². The molecule has 0 fully saturated rings. The van der Waals surface area contributed by atoms with Gasteiger partial charge < -0.3 is 4.74 Å². The van der Waals surface area contributed by atoms with Crippen LogP contribution in [0.3, 0.4) is 0 Å². The molecule has 0 bridgehead atoms. The predicted molar refractivity (Wildman–Crippen MR) is 54.6 cm³/mol. The lowest BCUT2D eigenvalue weighted by atomic mass is 10.2. The van der Waals surface area contributed by atoms with Gasteiger partial charge in [-0.25, -0.2) is 17.9 Å². The third kappa shape index (κ3) is 4.26. The Kier molecular flexibility index (Phi) is 3.65. The lowest BCUT2D eigenvalue weighted by molar-refractivity contribution is 0.338. The fourth-order valence-electron chi connectivity index (χ4n) is 1.04. The Labute approximate surface area is 87.9 Å². The van der Waals surface area contributed by atoms with E-state index >= 15 is 0 Å². The minimum Gasteiger partial charge on any atom is -0.492 e. The van der Waals surface area contributed by atoms with Gasteiger partial charge in [-0.3, -0.25) is 0 Å². The first-order chi connectivity index (χ1) is 6.88. The van der Waals surface area contributed by atoms with Gasteiger partial charge in [-0.1, -0.05) is 0 Å². The number of ether oxygens (including phenoxy) is 1. The van der Waals surface area contributed by atoms with Crippen LogP contribution in [0.5, 0.6) is 5.75 Å². The molecular formula is C9H12FNO3S. The van der Waals surface area contributed by atoms with Crippen LogP contribution in [0, 0.1) is 12.7 Å². The van der Waals surface area contributed by atoms with Crippen molar-refractivity contribution in [2.24, 2.45) is 5.14 Å². The summed E-state index contributed by atoms with van der Waals surface area (Å²) in [5, 5.41) is 4.79. The van der Waals surface area contributed by atoms with Crippen LogP contribution in [0.4, 0.5) is 4.39 Å². The first kappa shape index (κ1) is 11.9. The van der Waals surface area contributed by atoms with Crippen LogP contribution in [0.2, 0.25) is 0 Å². The molecule has 0 amide bonds. The molecule has 0 unspecified atom stereocenters. The molecule has 0 saturated heterocycles. The fourth-order valence-corrected chi connectivity index (χ4v) is 1.36. The zero-order chi connectivity index (χ0) is 11.5. The largest absolute Gasteiger partial charge is 0.492 e. The van der Waals surface area contributed by atoms with Gasteiger partial charge in [0, 0.05) is 0 Å². The van der Waals surface area contributed by atoms with Gasteiger partial charge in [-0.05, 0) is 30.7 Å². The molecule has 1 rings (SSSR count). The molecule has 0 aromatic heterocycles. The van der Waals surface area contributed by atoms with Gasteiger partial charge in [0.05, 0.1) is 5.75 Å². The SMILES string of the molecule is Cc1cc(F)ccc1OCCS(N)(=O)=O. The van der Waals surface area contributed by atoms with Gasteiger partial charge in [0.15, 0.2) is 0 Å². The van der Waals surface area contributed by atoms with Crippen LogP contribution in [-0.2, 0) is 10.0 Å². The second-order valence-corrected chi connectivity index (χ2v) is 4.86. The van der Waals surface area contributed by atoms with Crippen molar-refractivity contribution in [1.29, 1.82) is 0 Å². The number of hydrogen-bond acceptors (Lipinski definition) is 3. The third-order valence-corrected chi connectivity index (χ3v) is 2.50. The summed E-state index contributed by atoms with van der Waals surface area (Å²) in [5.74, 6) is -0.157. The summed E-state index contributed by atoms with van der Waals surface area (Å²) >= 11 is 0. The van der Waals surface area contributed by atoms with Gasteiger partial charge in [0.2, 0.25) is 10.0 Å². The van der Waals surface area contributed by atoms with Crippen molar-refractivity contribution in [2.45, 2.75) is 6.92 Å². The summed E-state index contributed by atoms with van der Waals surface area (Å²) < 4.78 is 39.0. The molecular weight excluding hydrogens is 221 g/mol. The molecule has 0 radical (unpaired) electrons. The fraction of sp³-hybridized carbons (Fsp3) is 0.333. The molecule has 0 aliphatic heterocycles. The van der Waals surface area contributed by atoms with Crippen molar-refractivity contribution >= 4 is 10.0 Å². The van der Waals surface area contributed by atoms with Gasteiger partial charge >= 0.3 is 0 Å². The molecule has 15 heavy (non-hydrogen) atoms. The normalized spacial score (nSPS) is 11.4. The van der Waals surface area contributed by atoms with E-state index in [1.807, 2.05) is 0 Å². The van der Waals surface area contributed by atoms with E-state index in [4.69, 9.17) is 9.88 Å². The van der Waals surface area contributed by atoms with Crippen molar-refractivity contribution in [3.8, 4) is 5.75 Å². The van der Waals surface area contributed by atoms with Crippen molar-refractivity contribution < 1.29 is 17.5 Å². The smallest absolute Gasteiger partial charge is 0.212 e. The van der Waals surface area contributed by atoms with Crippen LogP contribution < -0.4 is 9.88 Å². The van der Waals surface area contributed by atoms with Crippen molar-refractivity contribution in [3.05, 3.63) is 29.6 Å². The standard InChI is InChI=1S/C9H12FNO3S/c1-7-6-8(10)2-3-9(7)14-4-5-15(11,12)13/h2-3,6H,4-5H2,1H3,(H2,11,12,13). The molecule has 1 aromatic carbocycles. The van der Waals surface area contributed by atoms with Gasteiger partial charge in [0.1, 0.15) is 18.2 Å². The first-order valence-electron chi connectivity index (χ1n) is 4.28. The minimum atomic E-state index is -3.51. The van der Waals surface area contributed by atoms with E-state index in [1.165, 1.54) is 18.2 Å². The Hall–Kier alpha value is -1.14. The molecule has 0 spiro atoms. The zero-order valence-corrected chi connectivity index (χ0v) is 9.05. The lowest BCUT2D eigenvalue weighted by Crippen LogP contribution is -2.21. The van der Waals surface area contributed by atoms with Crippen LogP contribution in [0.15, 0.2) is 18.2 Å². The number of sulfonamides is 1. The maximum Gasteiger partial charge on any atom is 0.212 e. The number of halogens is 1. The Morgan fingerprint density at radius 3 is 2.67 bits per heavy atom. The predicted octanol–water partition coefficient (Wildman–Crippen LogP) is 0.801. The van der Waals surface area contributed by atoms with E-state index in [1.54, 1.807) is 6.92 Å². The monoisotopic (exact) mass is 233 g/mol. The Bertz CT molecular complexity index is 445. The summed E-state index contributed by atoms with van der Waals surface area (Å²) in [6.07, 6.45) is 0. The second-order valence-electron chi connectivity index (χ2n) is 3.13. The quantitative estimate of drug-likeness (QED) is 0.836. The summed E-state index contributed by atoms with van der Waals surface area (Å²) in [4.78, 5) is 0. The van der Waals surface area contributed by atoms with E-state index in [2.05, 4.69) is 0 Å². The van der Waals surface area contributed by atoms with Crippen molar-refractivity contribution in [1.82, 2.24) is 0 Å². The molecule has 1 aromatic rings. The van der Waals surface area contributed by atoms with E-state index < -0.39 is 10.0 Å². The lowest BCUT2D eigenvalue weighted by Gasteiger charge is -2.07. The molecule has 0 aliphatic carbocycles. The number of hydrogen-bond donors (Lipinski definition) is 1. The molecule has 84 valence electrons. The van der Waals surface area contributed by atoms with E-state index in [-0.39, 0.29) is 18.2 Å². The number of aryl methyl sites for hydroxylation is 1. The molecule has 0 aliphatic rings. The molecule has 2 N–H and O–H groups in total. The highest BCUT2D eigenvalue weighted by molar-refractivity contribution is 7.89. The molecule has 0 heterocycles. The highest BCUT2D eigenvalue weighted by Crippen LogP contribution is 2.18. The molecule has 0 saturated carbocycles. The second kappa shape index (κ2) is 4.59. The Morgan fingerprint density at radius 1 is 1.47 bits per heavy atom. The highest BCUT2D eigenvalue weighted by atomic mass is 32.2. The third-order valence-electron chi connectivity index (χ3n) is 1.76. The number of benzene rings is 1. The van der Waals surface area contributed by atoms with E-state index in [0.717, 1.165) is 0 Å². The van der Waals surface area contributed by atoms with Crippen LogP contribution >= 0.6 is 0 Å². The maximum atomic E-state index is 12.7. The maximum absolute atomic E-state index is 12.7. The average Bonchev–Trinajstić information content (AvgIpc) is 2.07. The Balaban J connectivity index is 2.59. The summed E-state index contributed by atoms with van der Waals surface area (Å²) in [6.45, 7) is 1.64. The molecule has 4 nitrogen and oxygen atoms in total. The average molecular weight is 233 g/mol. The summed E-state index contributed by atoms with van der Waals surface area (Å²) in [6, 6.07) is 4.01. The molecule has 6 heteroatoms. The number of nitrogens with two attached hydrogens (primary N) is 1. The van der Waals surface area contributed by atoms with Gasteiger partial charge in [-0.2, -0.15) is 0 Å². The summed E-state index contributed by atoms with van der Waals surface area (Å²) in [5.41, 5.74) is 0.615. The zero-order valence-electron chi connectivity index (χ0n) is 8.23. The number of rotatable bonds is 4. The topological polar surface area (TPSA) is 69.4 Å². The van der Waals surface area contributed by atoms with E-state index in [0.29, 0.717) is 11.3 Å².